The summed E-state index contributed by atoms with van der Waals surface area (Å²) in [4.78, 5) is 0. The van der Waals surface area contributed by atoms with Crippen molar-refractivity contribution in [3.63, 3.8) is 0 Å². The van der Waals surface area contributed by atoms with Crippen LogP contribution in [0.3, 0.4) is 0 Å². The van der Waals surface area contributed by atoms with Gasteiger partial charge >= 0.3 is 12.3 Å². The third-order valence-electron chi connectivity index (χ3n) is 3.31. The third-order valence-corrected chi connectivity index (χ3v) is 3.31. The molecular formula is C15H21F4NO. The lowest BCUT2D eigenvalue weighted by Crippen LogP contribution is -2.37. The van der Waals surface area contributed by atoms with Gasteiger partial charge < -0.3 is 10.1 Å². The second-order valence-electron chi connectivity index (χ2n) is 5.20. The van der Waals surface area contributed by atoms with Crippen LogP contribution in [-0.2, 0) is 11.2 Å². The van der Waals surface area contributed by atoms with E-state index in [1.807, 2.05) is 32.0 Å². The molecule has 0 saturated heterocycles. The summed E-state index contributed by atoms with van der Waals surface area (Å²) in [5.41, 5.74) is 3.29. The zero-order valence-electron chi connectivity index (χ0n) is 12.4. The van der Waals surface area contributed by atoms with Crippen LogP contribution in [0.15, 0.2) is 18.2 Å². The van der Waals surface area contributed by atoms with Crippen molar-refractivity contribution >= 4 is 0 Å². The molecular weight excluding hydrogens is 286 g/mol. The van der Waals surface area contributed by atoms with Gasteiger partial charge in [0.2, 0.25) is 0 Å². The first kappa shape index (κ1) is 17.9. The molecule has 1 unspecified atom stereocenters. The molecule has 0 bridgehead atoms. The fourth-order valence-corrected chi connectivity index (χ4v) is 1.93. The SMILES string of the molecule is CNC(COCC(F)(F)C(F)F)Cc1cc(C)ccc1C. The van der Waals surface area contributed by atoms with Crippen LogP contribution in [0.1, 0.15) is 16.7 Å². The molecule has 2 nitrogen and oxygen atoms in total. The van der Waals surface area contributed by atoms with E-state index < -0.39 is 19.0 Å². The molecule has 1 rings (SSSR count). The highest BCUT2D eigenvalue weighted by molar-refractivity contribution is 5.31. The highest BCUT2D eigenvalue weighted by Crippen LogP contribution is 2.23. The Kier molecular flexibility index (Phi) is 6.61. The topological polar surface area (TPSA) is 21.3 Å². The van der Waals surface area contributed by atoms with E-state index in [0.717, 1.165) is 16.7 Å². The van der Waals surface area contributed by atoms with Crippen molar-refractivity contribution in [3.05, 3.63) is 34.9 Å². The standard InChI is InChI=1S/C15H21F4NO/c1-10-4-5-11(2)12(6-10)7-13(20-3)8-21-9-15(18,19)14(16)17/h4-6,13-14,20H,7-9H2,1-3H3. The average molecular weight is 307 g/mol. The van der Waals surface area contributed by atoms with Crippen LogP contribution in [0.25, 0.3) is 0 Å². The molecule has 0 fully saturated rings. The normalized spacial score (nSPS) is 13.7. The Balaban J connectivity index is 2.54. The van der Waals surface area contributed by atoms with E-state index in [-0.39, 0.29) is 12.6 Å². The van der Waals surface area contributed by atoms with Crippen molar-refractivity contribution in [1.82, 2.24) is 5.32 Å². The van der Waals surface area contributed by atoms with Gasteiger partial charge in [0.25, 0.3) is 0 Å². The van der Waals surface area contributed by atoms with Gasteiger partial charge in [0, 0.05) is 6.04 Å². The predicted molar refractivity (Wildman–Crippen MR) is 74.2 cm³/mol. The monoisotopic (exact) mass is 307 g/mol. The predicted octanol–water partition coefficient (Wildman–Crippen LogP) is 3.35. The number of hydrogen-bond donors (Lipinski definition) is 1. The van der Waals surface area contributed by atoms with Crippen LogP contribution in [0.4, 0.5) is 17.6 Å². The first-order chi connectivity index (χ1) is 9.76. The van der Waals surface area contributed by atoms with Crippen molar-refractivity contribution in [2.24, 2.45) is 0 Å². The van der Waals surface area contributed by atoms with Crippen LogP contribution < -0.4 is 5.32 Å². The Morgan fingerprint density at radius 3 is 2.48 bits per heavy atom. The van der Waals surface area contributed by atoms with Crippen molar-refractivity contribution < 1.29 is 22.3 Å². The Labute approximate surface area is 122 Å². The van der Waals surface area contributed by atoms with E-state index in [1.165, 1.54) is 0 Å². The quantitative estimate of drug-likeness (QED) is 0.744. The van der Waals surface area contributed by atoms with E-state index in [4.69, 9.17) is 4.74 Å². The number of benzene rings is 1. The summed E-state index contributed by atoms with van der Waals surface area (Å²) in [6.45, 7) is 2.62. The maximum absolute atomic E-state index is 12.7. The first-order valence-electron chi connectivity index (χ1n) is 6.73. The zero-order valence-corrected chi connectivity index (χ0v) is 12.4. The Bertz CT molecular complexity index is 451. The van der Waals surface area contributed by atoms with Crippen molar-refractivity contribution in [3.8, 4) is 0 Å². The number of halogens is 4. The second-order valence-corrected chi connectivity index (χ2v) is 5.20. The Morgan fingerprint density at radius 1 is 1.24 bits per heavy atom. The molecule has 0 saturated carbocycles. The minimum Gasteiger partial charge on any atom is -0.373 e. The van der Waals surface area contributed by atoms with Crippen molar-refractivity contribution in [2.45, 2.75) is 38.7 Å². The van der Waals surface area contributed by atoms with Crippen LogP contribution in [0.2, 0.25) is 0 Å². The number of nitrogens with one attached hydrogen (secondary N) is 1. The number of hydrogen-bond acceptors (Lipinski definition) is 2. The lowest BCUT2D eigenvalue weighted by molar-refractivity contribution is -0.166. The van der Waals surface area contributed by atoms with Gasteiger partial charge in [-0.25, -0.2) is 8.78 Å². The Morgan fingerprint density at radius 2 is 1.90 bits per heavy atom. The average Bonchev–Trinajstić information content (AvgIpc) is 2.41. The van der Waals surface area contributed by atoms with Gasteiger partial charge in [-0.2, -0.15) is 8.78 Å². The first-order valence-corrected chi connectivity index (χ1v) is 6.73. The molecule has 0 aliphatic rings. The number of alkyl halides is 4. The van der Waals surface area contributed by atoms with Gasteiger partial charge in [0.1, 0.15) is 6.61 Å². The third kappa shape index (κ3) is 5.63. The molecule has 0 radical (unpaired) electrons. The molecule has 6 heteroatoms. The zero-order chi connectivity index (χ0) is 16.0. The van der Waals surface area contributed by atoms with Gasteiger partial charge in [-0.05, 0) is 38.4 Å². The smallest absolute Gasteiger partial charge is 0.330 e. The molecule has 0 spiro atoms. The summed E-state index contributed by atoms with van der Waals surface area (Å²) in [7, 11) is 1.68. The molecule has 0 amide bonds. The summed E-state index contributed by atoms with van der Waals surface area (Å²) >= 11 is 0. The van der Waals surface area contributed by atoms with Gasteiger partial charge in [0.05, 0.1) is 6.61 Å². The summed E-state index contributed by atoms with van der Waals surface area (Å²) in [5.74, 6) is -4.10. The van der Waals surface area contributed by atoms with Crippen LogP contribution in [0, 0.1) is 13.8 Å². The highest BCUT2D eigenvalue weighted by atomic mass is 19.3. The summed E-state index contributed by atoms with van der Waals surface area (Å²) in [6, 6.07) is 5.79. The molecule has 1 aromatic rings. The molecule has 1 aromatic carbocycles. The Hall–Kier alpha value is -1.14. The van der Waals surface area contributed by atoms with Gasteiger partial charge in [0.15, 0.2) is 0 Å². The van der Waals surface area contributed by atoms with Crippen LogP contribution in [-0.4, -0.2) is 38.7 Å². The van der Waals surface area contributed by atoms with E-state index >= 15 is 0 Å². The maximum atomic E-state index is 12.7. The second kappa shape index (κ2) is 7.75. The number of aryl methyl sites for hydroxylation is 2. The maximum Gasteiger partial charge on any atom is 0.330 e. The molecule has 0 heterocycles. The van der Waals surface area contributed by atoms with Gasteiger partial charge in [-0.3, -0.25) is 0 Å². The molecule has 1 N–H and O–H groups in total. The van der Waals surface area contributed by atoms with E-state index in [2.05, 4.69) is 5.32 Å². The fraction of sp³-hybridized carbons (Fsp3) is 0.600. The van der Waals surface area contributed by atoms with Crippen molar-refractivity contribution in [2.75, 3.05) is 20.3 Å². The molecule has 0 aromatic heterocycles. The highest BCUT2D eigenvalue weighted by Gasteiger charge is 2.41. The molecule has 0 aliphatic carbocycles. The van der Waals surface area contributed by atoms with E-state index in [1.54, 1.807) is 7.05 Å². The lowest BCUT2D eigenvalue weighted by atomic mass is 9.99. The van der Waals surface area contributed by atoms with Crippen molar-refractivity contribution in [1.29, 1.82) is 0 Å². The summed E-state index contributed by atoms with van der Waals surface area (Å²) < 4.78 is 54.3. The summed E-state index contributed by atoms with van der Waals surface area (Å²) in [6.07, 6.45) is -3.12. The van der Waals surface area contributed by atoms with E-state index in [9.17, 15) is 17.6 Å². The number of likely N-dealkylation sites (N-methyl/N-ethyl adjacent to an activating group) is 1. The lowest BCUT2D eigenvalue weighted by Gasteiger charge is -2.20. The number of ether oxygens (including phenoxy) is 1. The summed E-state index contributed by atoms with van der Waals surface area (Å²) in [5, 5.41) is 2.96. The number of rotatable bonds is 8. The molecule has 21 heavy (non-hydrogen) atoms. The fourth-order valence-electron chi connectivity index (χ4n) is 1.93. The largest absolute Gasteiger partial charge is 0.373 e. The van der Waals surface area contributed by atoms with E-state index in [0.29, 0.717) is 6.42 Å². The molecule has 120 valence electrons. The molecule has 0 aliphatic heterocycles. The van der Waals surface area contributed by atoms with Crippen LogP contribution in [0.5, 0.6) is 0 Å². The molecule has 1 atom stereocenters. The van der Waals surface area contributed by atoms with Gasteiger partial charge in [-0.15, -0.1) is 0 Å². The minimum atomic E-state index is -4.10. The van der Waals surface area contributed by atoms with Gasteiger partial charge in [-0.1, -0.05) is 23.8 Å². The minimum absolute atomic E-state index is 0.0494. The van der Waals surface area contributed by atoms with Crippen LogP contribution >= 0.6 is 0 Å².